The Balaban J connectivity index is 1.36. The van der Waals surface area contributed by atoms with E-state index >= 15 is 0 Å². The molecule has 0 bridgehead atoms. The minimum atomic E-state index is -0.316. The van der Waals surface area contributed by atoms with Gasteiger partial charge in [-0.2, -0.15) is 0 Å². The molecule has 0 aliphatic rings. The van der Waals surface area contributed by atoms with E-state index in [2.05, 4.69) is 15.3 Å². The third-order valence-electron chi connectivity index (χ3n) is 4.49. The molecule has 0 saturated carbocycles. The van der Waals surface area contributed by atoms with Crippen molar-refractivity contribution < 1.29 is 14.0 Å². The number of carbonyl (C=O) groups is 2. The molecule has 0 saturated heterocycles. The lowest BCUT2D eigenvalue weighted by Crippen LogP contribution is -2.28. The topological polar surface area (TPSA) is 78.1 Å². The van der Waals surface area contributed by atoms with Crippen molar-refractivity contribution in [1.82, 2.24) is 15.3 Å². The lowest BCUT2D eigenvalue weighted by molar-refractivity contribution is -0.121. The number of imidazole rings is 1. The molecule has 7 heteroatoms. The Hall–Kier alpha value is -3.22. The van der Waals surface area contributed by atoms with Crippen LogP contribution in [0, 0.1) is 5.82 Å². The van der Waals surface area contributed by atoms with Gasteiger partial charge in [0.1, 0.15) is 11.6 Å². The van der Waals surface area contributed by atoms with Crippen LogP contribution < -0.4 is 10.2 Å². The van der Waals surface area contributed by atoms with Crippen molar-refractivity contribution in [2.45, 2.75) is 25.7 Å². The summed E-state index contributed by atoms with van der Waals surface area (Å²) in [5, 5.41) is 2.82. The maximum Gasteiger partial charge on any atom is 0.226 e. The number of amides is 2. The van der Waals surface area contributed by atoms with E-state index in [9.17, 15) is 14.0 Å². The van der Waals surface area contributed by atoms with Gasteiger partial charge in [-0.1, -0.05) is 18.2 Å². The summed E-state index contributed by atoms with van der Waals surface area (Å²) in [7, 11) is 1.73. The van der Waals surface area contributed by atoms with Gasteiger partial charge < -0.3 is 15.2 Å². The number of halogens is 1. The standard InChI is InChI=1S/C21H23FN4O2/c1-26(16-6-3-2-4-7-16)21(28)9-5-8-20(27)23-13-12-19-24-17-11-10-15(22)14-18(17)25-19/h2-4,6-7,10-11,14H,5,8-9,12-13H2,1H3,(H,23,27)(H,24,25). The second-order valence-electron chi connectivity index (χ2n) is 6.59. The Kier molecular flexibility index (Phi) is 6.37. The molecule has 0 aliphatic carbocycles. The number of nitrogens with zero attached hydrogens (tertiary/aromatic N) is 2. The average molecular weight is 382 g/mol. The van der Waals surface area contributed by atoms with Gasteiger partial charge in [-0.05, 0) is 36.8 Å². The number of aromatic nitrogens is 2. The highest BCUT2D eigenvalue weighted by molar-refractivity contribution is 5.93. The molecule has 0 fully saturated rings. The van der Waals surface area contributed by atoms with E-state index in [1.807, 2.05) is 30.3 Å². The summed E-state index contributed by atoms with van der Waals surface area (Å²) in [4.78, 5) is 33.1. The Morgan fingerprint density at radius 2 is 1.93 bits per heavy atom. The van der Waals surface area contributed by atoms with Gasteiger partial charge in [0.15, 0.2) is 0 Å². The van der Waals surface area contributed by atoms with Gasteiger partial charge in [-0.3, -0.25) is 9.59 Å². The smallest absolute Gasteiger partial charge is 0.226 e. The maximum atomic E-state index is 13.2. The third-order valence-corrected chi connectivity index (χ3v) is 4.49. The van der Waals surface area contributed by atoms with Crippen LogP contribution in [0.25, 0.3) is 11.0 Å². The molecule has 1 aromatic heterocycles. The molecule has 1 heterocycles. The van der Waals surface area contributed by atoms with Crippen LogP contribution in [0.1, 0.15) is 25.1 Å². The van der Waals surface area contributed by atoms with E-state index in [1.165, 1.54) is 12.1 Å². The Morgan fingerprint density at radius 3 is 2.71 bits per heavy atom. The monoisotopic (exact) mass is 382 g/mol. The van der Waals surface area contributed by atoms with Crippen molar-refractivity contribution in [3.05, 3.63) is 60.2 Å². The van der Waals surface area contributed by atoms with Gasteiger partial charge in [0.05, 0.1) is 11.0 Å². The van der Waals surface area contributed by atoms with Gasteiger partial charge in [0.2, 0.25) is 11.8 Å². The minimum absolute atomic E-state index is 0.0199. The first-order chi connectivity index (χ1) is 13.5. The van der Waals surface area contributed by atoms with Crippen LogP contribution in [0.4, 0.5) is 10.1 Å². The number of anilines is 1. The van der Waals surface area contributed by atoms with Gasteiger partial charge in [-0.15, -0.1) is 0 Å². The fraction of sp³-hybridized carbons (Fsp3) is 0.286. The van der Waals surface area contributed by atoms with E-state index in [0.717, 1.165) is 5.69 Å². The molecule has 28 heavy (non-hydrogen) atoms. The number of hydrogen-bond donors (Lipinski definition) is 2. The molecule has 2 amide bonds. The molecule has 6 nitrogen and oxygen atoms in total. The lowest BCUT2D eigenvalue weighted by Gasteiger charge is -2.17. The zero-order valence-corrected chi connectivity index (χ0v) is 15.7. The molecule has 2 N–H and O–H groups in total. The van der Waals surface area contributed by atoms with Crippen LogP contribution in [0.5, 0.6) is 0 Å². The predicted octanol–water partition coefficient (Wildman–Crippen LogP) is 3.19. The first-order valence-electron chi connectivity index (χ1n) is 9.25. The number of rotatable bonds is 8. The minimum Gasteiger partial charge on any atom is -0.356 e. The molecule has 0 atom stereocenters. The first-order valence-corrected chi connectivity index (χ1v) is 9.25. The number of para-hydroxylation sites is 1. The number of benzene rings is 2. The average Bonchev–Trinajstić information content (AvgIpc) is 3.09. The summed E-state index contributed by atoms with van der Waals surface area (Å²) in [6.45, 7) is 0.430. The normalized spacial score (nSPS) is 10.8. The maximum absolute atomic E-state index is 13.2. The van der Waals surface area contributed by atoms with Gasteiger partial charge in [0.25, 0.3) is 0 Å². The zero-order valence-electron chi connectivity index (χ0n) is 15.7. The van der Waals surface area contributed by atoms with E-state index in [-0.39, 0.29) is 17.6 Å². The molecule has 0 spiro atoms. The Bertz CT molecular complexity index is 955. The molecular weight excluding hydrogens is 359 g/mol. The SMILES string of the molecule is CN(C(=O)CCCC(=O)NCCc1nc2ccc(F)cc2[nH]1)c1ccccc1. The fourth-order valence-electron chi connectivity index (χ4n) is 2.93. The molecule has 0 unspecified atom stereocenters. The number of aromatic amines is 1. The zero-order chi connectivity index (χ0) is 19.9. The summed E-state index contributed by atoms with van der Waals surface area (Å²) in [6.07, 6.45) is 1.62. The summed E-state index contributed by atoms with van der Waals surface area (Å²) in [5.41, 5.74) is 2.17. The van der Waals surface area contributed by atoms with E-state index < -0.39 is 0 Å². The highest BCUT2D eigenvalue weighted by Crippen LogP contribution is 2.14. The number of H-pyrrole nitrogens is 1. The van der Waals surface area contributed by atoms with Crippen molar-refractivity contribution >= 4 is 28.5 Å². The number of nitrogens with one attached hydrogen (secondary N) is 2. The summed E-state index contributed by atoms with van der Waals surface area (Å²) >= 11 is 0. The number of carbonyl (C=O) groups excluding carboxylic acids is 2. The third kappa shape index (κ3) is 5.16. The highest BCUT2D eigenvalue weighted by Gasteiger charge is 2.11. The number of hydrogen-bond acceptors (Lipinski definition) is 3. The van der Waals surface area contributed by atoms with Crippen LogP contribution in [0.2, 0.25) is 0 Å². The van der Waals surface area contributed by atoms with Crippen molar-refractivity contribution in [2.24, 2.45) is 0 Å². The van der Waals surface area contributed by atoms with Crippen molar-refractivity contribution in [3.63, 3.8) is 0 Å². The van der Waals surface area contributed by atoms with Crippen molar-refractivity contribution in [1.29, 1.82) is 0 Å². The summed E-state index contributed by atoms with van der Waals surface area (Å²) in [6, 6.07) is 13.8. The van der Waals surface area contributed by atoms with Crippen molar-refractivity contribution in [2.75, 3.05) is 18.5 Å². The van der Waals surface area contributed by atoms with Crippen LogP contribution in [-0.2, 0) is 16.0 Å². The van der Waals surface area contributed by atoms with Gasteiger partial charge in [0, 0.05) is 38.5 Å². The quantitative estimate of drug-likeness (QED) is 0.628. The summed E-state index contributed by atoms with van der Waals surface area (Å²) in [5.74, 6) is 0.259. The Labute approximate surface area is 162 Å². The molecule has 3 rings (SSSR count). The van der Waals surface area contributed by atoms with E-state index in [1.54, 1.807) is 18.0 Å². The van der Waals surface area contributed by atoms with Crippen molar-refractivity contribution in [3.8, 4) is 0 Å². The van der Waals surface area contributed by atoms with Crippen LogP contribution in [0.3, 0.4) is 0 Å². The molecule has 0 aliphatic heterocycles. The van der Waals surface area contributed by atoms with Crippen LogP contribution in [-0.4, -0.2) is 35.4 Å². The Morgan fingerprint density at radius 1 is 1.14 bits per heavy atom. The van der Waals surface area contributed by atoms with E-state index in [4.69, 9.17) is 0 Å². The highest BCUT2D eigenvalue weighted by atomic mass is 19.1. The number of fused-ring (bicyclic) bond motifs is 1. The van der Waals surface area contributed by atoms with Gasteiger partial charge in [-0.25, -0.2) is 9.37 Å². The van der Waals surface area contributed by atoms with Crippen LogP contribution >= 0.6 is 0 Å². The molecular formula is C21H23FN4O2. The van der Waals surface area contributed by atoms with Crippen LogP contribution in [0.15, 0.2) is 48.5 Å². The second-order valence-corrected chi connectivity index (χ2v) is 6.59. The molecule has 3 aromatic rings. The molecule has 0 radical (unpaired) electrons. The largest absolute Gasteiger partial charge is 0.356 e. The first kappa shape index (κ1) is 19.5. The molecule has 2 aromatic carbocycles. The lowest BCUT2D eigenvalue weighted by atomic mass is 10.2. The molecule has 146 valence electrons. The predicted molar refractivity (Wildman–Crippen MR) is 106 cm³/mol. The van der Waals surface area contributed by atoms with E-state index in [0.29, 0.717) is 49.1 Å². The summed E-state index contributed by atoms with van der Waals surface area (Å²) < 4.78 is 13.2. The second kappa shape index (κ2) is 9.12. The van der Waals surface area contributed by atoms with Gasteiger partial charge >= 0.3 is 0 Å². The fourth-order valence-corrected chi connectivity index (χ4v) is 2.93.